The van der Waals surface area contributed by atoms with E-state index < -0.39 is 0 Å². The lowest BCUT2D eigenvalue weighted by molar-refractivity contribution is 0.339. The molecule has 0 saturated carbocycles. The first kappa shape index (κ1) is 13.2. The molecule has 0 aliphatic rings. The van der Waals surface area contributed by atoms with E-state index in [1.165, 1.54) is 0 Å². The van der Waals surface area contributed by atoms with E-state index in [1.807, 2.05) is 49.4 Å². The molecule has 0 aliphatic carbocycles. The third-order valence-electron chi connectivity index (χ3n) is 2.89. The van der Waals surface area contributed by atoms with Crippen LogP contribution in [0.5, 0.6) is 5.75 Å². The van der Waals surface area contributed by atoms with Crippen LogP contribution in [0.4, 0.5) is 0 Å². The lowest BCUT2D eigenvalue weighted by atomic mass is 10.2. The Kier molecular flexibility index (Phi) is 3.82. The number of aromatic nitrogens is 4. The maximum Gasteiger partial charge on any atom is 0.153 e. The van der Waals surface area contributed by atoms with E-state index in [1.54, 1.807) is 12.4 Å². The van der Waals surface area contributed by atoms with Crippen molar-refractivity contribution in [3.05, 3.63) is 54.9 Å². The minimum Gasteiger partial charge on any atom is -0.491 e. The molecule has 0 aliphatic heterocycles. The van der Waals surface area contributed by atoms with E-state index in [4.69, 9.17) is 4.74 Å². The molecule has 0 fully saturated rings. The van der Waals surface area contributed by atoms with Gasteiger partial charge >= 0.3 is 0 Å². The van der Waals surface area contributed by atoms with Crippen LogP contribution in [0.3, 0.4) is 0 Å². The number of hydrogen-bond donors (Lipinski definition) is 0. The van der Waals surface area contributed by atoms with Crippen molar-refractivity contribution in [2.24, 2.45) is 0 Å². The molecular weight excluding hydrogens is 264 g/mol. The minimum atomic E-state index is 0.549. The van der Waals surface area contributed by atoms with Crippen LogP contribution in [0, 0.1) is 0 Å². The van der Waals surface area contributed by atoms with Gasteiger partial charge < -0.3 is 4.74 Å². The zero-order valence-corrected chi connectivity index (χ0v) is 11.6. The maximum absolute atomic E-state index is 5.68. The predicted molar refractivity (Wildman–Crippen MR) is 79.7 cm³/mol. The van der Waals surface area contributed by atoms with Gasteiger partial charge in [-0.25, -0.2) is 0 Å². The molecule has 0 N–H and O–H groups in total. The summed E-state index contributed by atoms with van der Waals surface area (Å²) in [6, 6.07) is 13.2. The molecule has 21 heavy (non-hydrogen) atoms. The molecule has 0 bridgehead atoms. The van der Waals surface area contributed by atoms with Gasteiger partial charge in [-0.3, -0.25) is 9.97 Å². The second-order valence-electron chi connectivity index (χ2n) is 4.31. The van der Waals surface area contributed by atoms with Crippen molar-refractivity contribution < 1.29 is 4.74 Å². The fourth-order valence-corrected chi connectivity index (χ4v) is 1.96. The highest BCUT2D eigenvalue weighted by molar-refractivity contribution is 5.66. The van der Waals surface area contributed by atoms with Crippen molar-refractivity contribution in [2.45, 2.75) is 6.92 Å². The first-order chi connectivity index (χ1) is 10.4. The summed E-state index contributed by atoms with van der Waals surface area (Å²) >= 11 is 0. The van der Waals surface area contributed by atoms with Gasteiger partial charge in [0.2, 0.25) is 0 Å². The normalized spacial score (nSPS) is 10.3. The van der Waals surface area contributed by atoms with E-state index in [0.29, 0.717) is 23.7 Å². The fraction of sp³-hybridized carbons (Fsp3) is 0.125. The van der Waals surface area contributed by atoms with Crippen molar-refractivity contribution in [2.75, 3.05) is 6.61 Å². The number of pyridine rings is 2. The Hall–Kier alpha value is -2.82. The zero-order valence-electron chi connectivity index (χ0n) is 11.6. The summed E-state index contributed by atoms with van der Waals surface area (Å²) in [5.74, 6) is 0.659. The van der Waals surface area contributed by atoms with Gasteiger partial charge in [0.15, 0.2) is 11.4 Å². The Balaban J connectivity index is 2.07. The highest BCUT2D eigenvalue weighted by Gasteiger charge is 2.13. The molecule has 0 amide bonds. The number of rotatable bonds is 4. The third kappa shape index (κ3) is 2.86. The Bertz CT molecular complexity index is 717. The molecule has 0 spiro atoms. The summed E-state index contributed by atoms with van der Waals surface area (Å²) in [4.78, 5) is 8.58. The molecule has 0 unspecified atom stereocenters. The SMILES string of the molecule is CCOc1cc(-c2ccccn2)nnc1-c1ccccn1. The van der Waals surface area contributed by atoms with E-state index in [0.717, 1.165) is 11.4 Å². The zero-order chi connectivity index (χ0) is 14.5. The highest BCUT2D eigenvalue weighted by Crippen LogP contribution is 2.28. The molecule has 3 aromatic heterocycles. The summed E-state index contributed by atoms with van der Waals surface area (Å²) in [5, 5.41) is 8.50. The lowest BCUT2D eigenvalue weighted by Gasteiger charge is -2.09. The molecular formula is C16H14N4O. The smallest absolute Gasteiger partial charge is 0.153 e. The molecule has 0 saturated heterocycles. The van der Waals surface area contributed by atoms with Crippen LogP contribution < -0.4 is 4.74 Å². The van der Waals surface area contributed by atoms with Crippen LogP contribution in [0.15, 0.2) is 54.9 Å². The number of hydrogen-bond acceptors (Lipinski definition) is 5. The summed E-state index contributed by atoms with van der Waals surface area (Å²) in [6.45, 7) is 2.48. The summed E-state index contributed by atoms with van der Waals surface area (Å²) < 4.78 is 5.68. The largest absolute Gasteiger partial charge is 0.491 e. The van der Waals surface area contributed by atoms with Gasteiger partial charge in [-0.2, -0.15) is 0 Å². The molecule has 3 aromatic rings. The monoisotopic (exact) mass is 278 g/mol. The highest BCUT2D eigenvalue weighted by atomic mass is 16.5. The van der Waals surface area contributed by atoms with E-state index >= 15 is 0 Å². The van der Waals surface area contributed by atoms with Crippen molar-refractivity contribution in [3.8, 4) is 28.5 Å². The molecule has 3 heterocycles. The average molecular weight is 278 g/mol. The minimum absolute atomic E-state index is 0.549. The van der Waals surface area contributed by atoms with Crippen LogP contribution in [0.1, 0.15) is 6.92 Å². The quantitative estimate of drug-likeness (QED) is 0.734. The van der Waals surface area contributed by atoms with E-state index in [9.17, 15) is 0 Å². The summed E-state index contributed by atoms with van der Waals surface area (Å²) in [6.07, 6.45) is 3.45. The van der Waals surface area contributed by atoms with Gasteiger partial charge in [0.25, 0.3) is 0 Å². The van der Waals surface area contributed by atoms with Crippen molar-refractivity contribution in [3.63, 3.8) is 0 Å². The van der Waals surface area contributed by atoms with Crippen LogP contribution in [0.25, 0.3) is 22.8 Å². The molecule has 5 heteroatoms. The van der Waals surface area contributed by atoms with Crippen LogP contribution in [0.2, 0.25) is 0 Å². The number of ether oxygens (including phenoxy) is 1. The first-order valence-corrected chi connectivity index (χ1v) is 6.72. The second-order valence-corrected chi connectivity index (χ2v) is 4.31. The molecule has 0 aromatic carbocycles. The van der Waals surface area contributed by atoms with Gasteiger partial charge in [-0.15, -0.1) is 10.2 Å². The van der Waals surface area contributed by atoms with Crippen molar-refractivity contribution >= 4 is 0 Å². The first-order valence-electron chi connectivity index (χ1n) is 6.72. The van der Waals surface area contributed by atoms with Gasteiger partial charge in [-0.05, 0) is 31.2 Å². The van der Waals surface area contributed by atoms with Crippen LogP contribution >= 0.6 is 0 Å². The predicted octanol–water partition coefficient (Wildman–Crippen LogP) is 3.00. The van der Waals surface area contributed by atoms with E-state index in [-0.39, 0.29) is 0 Å². The topological polar surface area (TPSA) is 60.8 Å². The molecule has 0 atom stereocenters. The van der Waals surface area contributed by atoms with Gasteiger partial charge in [0.1, 0.15) is 5.69 Å². The fourth-order valence-electron chi connectivity index (χ4n) is 1.96. The Morgan fingerprint density at radius 1 is 0.857 bits per heavy atom. The lowest BCUT2D eigenvalue weighted by Crippen LogP contribution is -2.00. The van der Waals surface area contributed by atoms with Crippen LogP contribution in [-0.4, -0.2) is 26.8 Å². The molecule has 0 radical (unpaired) electrons. The standard InChI is InChI=1S/C16H14N4O/c1-2-21-15-11-14(12-7-3-5-9-17-12)19-20-16(15)13-8-4-6-10-18-13/h3-11H,2H2,1H3. The van der Waals surface area contributed by atoms with Gasteiger partial charge in [0, 0.05) is 18.5 Å². The average Bonchev–Trinajstić information content (AvgIpc) is 2.57. The maximum atomic E-state index is 5.68. The van der Waals surface area contributed by atoms with E-state index in [2.05, 4.69) is 20.2 Å². The summed E-state index contributed by atoms with van der Waals surface area (Å²) in [7, 11) is 0. The van der Waals surface area contributed by atoms with Crippen molar-refractivity contribution in [1.29, 1.82) is 0 Å². The Labute approximate surface area is 122 Å². The molecule has 3 rings (SSSR count). The second kappa shape index (κ2) is 6.09. The third-order valence-corrected chi connectivity index (χ3v) is 2.89. The van der Waals surface area contributed by atoms with Gasteiger partial charge in [-0.1, -0.05) is 12.1 Å². The van der Waals surface area contributed by atoms with Crippen molar-refractivity contribution in [1.82, 2.24) is 20.2 Å². The molecule has 104 valence electrons. The number of nitrogens with zero attached hydrogens (tertiary/aromatic N) is 4. The Morgan fingerprint density at radius 3 is 2.19 bits per heavy atom. The van der Waals surface area contributed by atoms with Crippen LogP contribution in [-0.2, 0) is 0 Å². The Morgan fingerprint density at radius 2 is 1.57 bits per heavy atom. The summed E-state index contributed by atoms with van der Waals surface area (Å²) in [5.41, 5.74) is 2.82. The van der Waals surface area contributed by atoms with Gasteiger partial charge in [0.05, 0.1) is 18.0 Å². The molecule has 5 nitrogen and oxygen atoms in total.